The van der Waals surface area contributed by atoms with Crippen LogP contribution in [0.2, 0.25) is 0 Å². The van der Waals surface area contributed by atoms with Gasteiger partial charge in [-0.05, 0) is 38.5 Å². The van der Waals surface area contributed by atoms with Crippen molar-refractivity contribution in [1.82, 2.24) is 10.2 Å². The number of nitrogens with zero attached hydrogens (tertiary/aromatic N) is 1. The summed E-state index contributed by atoms with van der Waals surface area (Å²) in [4.78, 5) is 25.1. The third-order valence-electron chi connectivity index (χ3n) is 3.57. The lowest BCUT2D eigenvalue weighted by atomic mass is 10.0. The maximum Gasteiger partial charge on any atom is 0.410 e. The second-order valence-electron chi connectivity index (χ2n) is 5.96. The fourth-order valence-corrected chi connectivity index (χ4v) is 2.26. The second-order valence-corrected chi connectivity index (χ2v) is 5.96. The van der Waals surface area contributed by atoms with Gasteiger partial charge in [0.05, 0.1) is 12.1 Å². The molecular formula is C16H22N2O4. The van der Waals surface area contributed by atoms with Crippen LogP contribution in [0.5, 0.6) is 5.75 Å². The van der Waals surface area contributed by atoms with E-state index in [1.54, 1.807) is 4.90 Å². The first-order valence-electron chi connectivity index (χ1n) is 7.29. The summed E-state index contributed by atoms with van der Waals surface area (Å²) in [5.74, 6) is 0.444. The molecule has 0 unspecified atom stereocenters. The van der Waals surface area contributed by atoms with E-state index in [-0.39, 0.29) is 18.6 Å². The Balaban J connectivity index is 1.78. The summed E-state index contributed by atoms with van der Waals surface area (Å²) in [6.45, 7) is 6.98. The minimum atomic E-state index is -0.493. The van der Waals surface area contributed by atoms with Gasteiger partial charge in [0.15, 0.2) is 6.61 Å². The van der Waals surface area contributed by atoms with E-state index < -0.39 is 5.54 Å². The van der Waals surface area contributed by atoms with Gasteiger partial charge in [-0.25, -0.2) is 4.79 Å². The van der Waals surface area contributed by atoms with Gasteiger partial charge in [0, 0.05) is 6.54 Å². The number of nitrogens with one attached hydrogen (secondary N) is 1. The van der Waals surface area contributed by atoms with Crippen LogP contribution in [0.1, 0.15) is 19.4 Å². The number of aryl methyl sites for hydroxylation is 1. The van der Waals surface area contributed by atoms with Gasteiger partial charge in [-0.1, -0.05) is 12.1 Å². The molecule has 1 heterocycles. The predicted molar refractivity (Wildman–Crippen MR) is 81.8 cm³/mol. The van der Waals surface area contributed by atoms with Crippen molar-refractivity contribution in [2.24, 2.45) is 0 Å². The molecule has 120 valence electrons. The first kappa shape index (κ1) is 16.1. The number of ether oxygens (including phenoxy) is 2. The Morgan fingerprint density at radius 1 is 1.45 bits per heavy atom. The van der Waals surface area contributed by atoms with Crippen molar-refractivity contribution in [3.8, 4) is 5.75 Å². The van der Waals surface area contributed by atoms with E-state index >= 15 is 0 Å². The number of carbonyl (C=O) groups excluding carboxylic acids is 2. The van der Waals surface area contributed by atoms with E-state index in [1.165, 1.54) is 0 Å². The SMILES string of the molecule is Cc1cccc(OCC(=O)NCC(C)(C)N2CCOC2=O)c1. The molecule has 0 bridgehead atoms. The van der Waals surface area contributed by atoms with E-state index in [0.717, 1.165) is 5.56 Å². The number of amides is 2. The topological polar surface area (TPSA) is 67.9 Å². The van der Waals surface area contributed by atoms with Crippen molar-refractivity contribution < 1.29 is 19.1 Å². The van der Waals surface area contributed by atoms with Gasteiger partial charge in [0.25, 0.3) is 5.91 Å². The van der Waals surface area contributed by atoms with Gasteiger partial charge in [-0.2, -0.15) is 0 Å². The lowest BCUT2D eigenvalue weighted by Crippen LogP contribution is -2.52. The van der Waals surface area contributed by atoms with Crippen LogP contribution >= 0.6 is 0 Å². The van der Waals surface area contributed by atoms with E-state index in [9.17, 15) is 9.59 Å². The first-order valence-corrected chi connectivity index (χ1v) is 7.29. The Morgan fingerprint density at radius 2 is 2.23 bits per heavy atom. The fourth-order valence-electron chi connectivity index (χ4n) is 2.26. The van der Waals surface area contributed by atoms with Crippen LogP contribution in [0.15, 0.2) is 24.3 Å². The van der Waals surface area contributed by atoms with Gasteiger partial charge in [0.2, 0.25) is 0 Å². The number of carbonyl (C=O) groups is 2. The molecule has 0 atom stereocenters. The third kappa shape index (κ3) is 4.13. The molecule has 22 heavy (non-hydrogen) atoms. The highest BCUT2D eigenvalue weighted by Crippen LogP contribution is 2.18. The minimum absolute atomic E-state index is 0.0516. The molecule has 2 rings (SSSR count). The Morgan fingerprint density at radius 3 is 2.86 bits per heavy atom. The van der Waals surface area contributed by atoms with Crippen LogP contribution < -0.4 is 10.1 Å². The summed E-state index contributed by atoms with van der Waals surface area (Å²) < 4.78 is 10.4. The number of rotatable bonds is 6. The van der Waals surface area contributed by atoms with Gasteiger partial charge < -0.3 is 14.8 Å². The molecule has 6 nitrogen and oxygen atoms in total. The van der Waals surface area contributed by atoms with Crippen LogP contribution in [0.4, 0.5) is 4.79 Å². The largest absolute Gasteiger partial charge is 0.484 e. The van der Waals surface area contributed by atoms with E-state index in [1.807, 2.05) is 45.0 Å². The zero-order chi connectivity index (χ0) is 16.2. The van der Waals surface area contributed by atoms with Crippen molar-refractivity contribution in [2.45, 2.75) is 26.3 Å². The second kappa shape index (κ2) is 6.68. The maximum absolute atomic E-state index is 11.9. The highest BCUT2D eigenvalue weighted by molar-refractivity contribution is 5.77. The average molecular weight is 306 g/mol. The third-order valence-corrected chi connectivity index (χ3v) is 3.57. The molecule has 1 N–H and O–H groups in total. The molecule has 0 saturated carbocycles. The lowest BCUT2D eigenvalue weighted by Gasteiger charge is -2.33. The molecular weight excluding hydrogens is 284 g/mol. The highest BCUT2D eigenvalue weighted by atomic mass is 16.6. The maximum atomic E-state index is 11.9. The van der Waals surface area contributed by atoms with Crippen molar-refractivity contribution in [3.05, 3.63) is 29.8 Å². The molecule has 1 aromatic rings. The molecule has 2 amide bonds. The van der Waals surface area contributed by atoms with Crippen molar-refractivity contribution >= 4 is 12.0 Å². The summed E-state index contributed by atoms with van der Waals surface area (Å²) in [5.41, 5.74) is 0.582. The molecule has 0 aromatic heterocycles. The minimum Gasteiger partial charge on any atom is -0.484 e. The predicted octanol–water partition coefficient (Wildman–Crippen LogP) is 1.72. The first-order chi connectivity index (χ1) is 10.4. The zero-order valence-corrected chi connectivity index (χ0v) is 13.2. The molecule has 1 aliphatic heterocycles. The van der Waals surface area contributed by atoms with Crippen LogP contribution in [-0.4, -0.2) is 48.7 Å². The van der Waals surface area contributed by atoms with Crippen LogP contribution in [0.3, 0.4) is 0 Å². The highest BCUT2D eigenvalue weighted by Gasteiger charge is 2.35. The van der Waals surface area contributed by atoms with Crippen molar-refractivity contribution in [1.29, 1.82) is 0 Å². The summed E-state index contributed by atoms with van der Waals surface area (Å²) in [7, 11) is 0. The van der Waals surface area contributed by atoms with Gasteiger partial charge in [0.1, 0.15) is 12.4 Å². The van der Waals surface area contributed by atoms with Gasteiger partial charge in [-0.3, -0.25) is 9.69 Å². The summed E-state index contributed by atoms with van der Waals surface area (Å²) in [6, 6.07) is 7.52. The molecule has 1 fully saturated rings. The monoisotopic (exact) mass is 306 g/mol. The molecule has 0 spiro atoms. The van der Waals surface area contributed by atoms with E-state index in [2.05, 4.69) is 5.32 Å². The number of hydrogen-bond acceptors (Lipinski definition) is 4. The Kier molecular flexibility index (Phi) is 4.90. The van der Waals surface area contributed by atoms with Crippen molar-refractivity contribution in [2.75, 3.05) is 26.3 Å². The van der Waals surface area contributed by atoms with Crippen LogP contribution in [0, 0.1) is 6.92 Å². The summed E-state index contributed by atoms with van der Waals surface area (Å²) >= 11 is 0. The fraction of sp³-hybridized carbons (Fsp3) is 0.500. The quantitative estimate of drug-likeness (QED) is 0.869. The number of benzene rings is 1. The van der Waals surface area contributed by atoms with Gasteiger partial charge in [-0.15, -0.1) is 0 Å². The Labute approximate surface area is 130 Å². The summed E-state index contributed by atoms with van der Waals surface area (Å²) in [5, 5.41) is 2.79. The number of hydrogen-bond donors (Lipinski definition) is 1. The van der Waals surface area contributed by atoms with Crippen LogP contribution in [-0.2, 0) is 9.53 Å². The van der Waals surface area contributed by atoms with Gasteiger partial charge >= 0.3 is 6.09 Å². The summed E-state index contributed by atoms with van der Waals surface area (Å²) in [6.07, 6.45) is -0.338. The lowest BCUT2D eigenvalue weighted by molar-refractivity contribution is -0.123. The molecule has 1 aliphatic rings. The van der Waals surface area contributed by atoms with E-state index in [4.69, 9.17) is 9.47 Å². The normalized spacial score (nSPS) is 14.7. The van der Waals surface area contributed by atoms with E-state index in [0.29, 0.717) is 25.4 Å². The molecule has 0 radical (unpaired) electrons. The molecule has 1 saturated heterocycles. The standard InChI is InChI=1S/C16H22N2O4/c1-12-5-4-6-13(9-12)22-10-14(19)17-11-16(2,3)18-7-8-21-15(18)20/h4-6,9H,7-8,10-11H2,1-3H3,(H,17,19). The van der Waals surface area contributed by atoms with Crippen molar-refractivity contribution in [3.63, 3.8) is 0 Å². The number of cyclic esters (lactones) is 1. The molecule has 0 aliphatic carbocycles. The molecule has 6 heteroatoms. The Hall–Kier alpha value is -2.24. The Bertz CT molecular complexity index is 557. The zero-order valence-electron chi connectivity index (χ0n) is 13.2. The molecule has 1 aromatic carbocycles. The smallest absolute Gasteiger partial charge is 0.410 e. The van der Waals surface area contributed by atoms with Crippen LogP contribution in [0.25, 0.3) is 0 Å². The average Bonchev–Trinajstić information content (AvgIpc) is 2.90.